The van der Waals surface area contributed by atoms with E-state index in [-0.39, 0.29) is 18.1 Å². The van der Waals surface area contributed by atoms with Crippen molar-refractivity contribution in [2.45, 2.75) is 57.3 Å². The number of nitrogens with two attached hydrogens (primary N) is 1. The summed E-state index contributed by atoms with van der Waals surface area (Å²) < 4.78 is 11.3. The quantitative estimate of drug-likeness (QED) is 0.806. The molecule has 2 heterocycles. The van der Waals surface area contributed by atoms with Crippen molar-refractivity contribution in [1.29, 1.82) is 0 Å². The van der Waals surface area contributed by atoms with Gasteiger partial charge in [-0.3, -0.25) is 4.79 Å². The first-order chi connectivity index (χ1) is 8.97. The molecule has 5 nitrogen and oxygen atoms in total. The molecule has 2 aliphatic rings. The van der Waals surface area contributed by atoms with Gasteiger partial charge in [-0.25, -0.2) is 0 Å². The number of rotatable bonds is 5. The molecule has 0 spiro atoms. The molecule has 2 unspecified atom stereocenters. The predicted octanol–water partition coefficient (Wildman–Crippen LogP) is 0.910. The average molecular weight is 270 g/mol. The van der Waals surface area contributed by atoms with E-state index in [9.17, 15) is 4.79 Å². The van der Waals surface area contributed by atoms with E-state index in [0.29, 0.717) is 13.1 Å². The van der Waals surface area contributed by atoms with Gasteiger partial charge in [0.25, 0.3) is 0 Å². The lowest BCUT2D eigenvalue weighted by molar-refractivity contribution is -0.139. The van der Waals surface area contributed by atoms with Crippen molar-refractivity contribution in [3.05, 3.63) is 0 Å². The standard InChI is InChI=1S/C14H26N2O3/c1-14(2,15)13(17)16(9-11-5-3-7-18-11)10-12-6-4-8-19-12/h11-12H,3-10,15H2,1-2H3. The van der Waals surface area contributed by atoms with Gasteiger partial charge < -0.3 is 20.1 Å². The van der Waals surface area contributed by atoms with Crippen LogP contribution >= 0.6 is 0 Å². The highest BCUT2D eigenvalue weighted by Gasteiger charge is 2.32. The first kappa shape index (κ1) is 14.8. The molecule has 0 aromatic rings. The zero-order chi connectivity index (χ0) is 13.9. The molecule has 0 aliphatic carbocycles. The summed E-state index contributed by atoms with van der Waals surface area (Å²) in [7, 11) is 0. The van der Waals surface area contributed by atoms with Crippen LogP contribution in [0.5, 0.6) is 0 Å². The maximum atomic E-state index is 12.4. The fourth-order valence-electron chi connectivity index (χ4n) is 2.72. The minimum absolute atomic E-state index is 0.0153. The molecule has 19 heavy (non-hydrogen) atoms. The topological polar surface area (TPSA) is 64.8 Å². The van der Waals surface area contributed by atoms with Gasteiger partial charge in [-0.1, -0.05) is 0 Å². The number of hydrogen-bond acceptors (Lipinski definition) is 4. The average Bonchev–Trinajstić information content (AvgIpc) is 2.98. The van der Waals surface area contributed by atoms with Crippen molar-refractivity contribution in [3.63, 3.8) is 0 Å². The Morgan fingerprint density at radius 3 is 1.95 bits per heavy atom. The van der Waals surface area contributed by atoms with Crippen molar-refractivity contribution in [2.24, 2.45) is 5.73 Å². The van der Waals surface area contributed by atoms with Gasteiger partial charge in [-0.15, -0.1) is 0 Å². The van der Waals surface area contributed by atoms with Gasteiger partial charge in [0.15, 0.2) is 0 Å². The molecule has 110 valence electrons. The van der Waals surface area contributed by atoms with Gasteiger partial charge >= 0.3 is 0 Å². The normalized spacial score (nSPS) is 27.7. The van der Waals surface area contributed by atoms with Gasteiger partial charge in [-0.2, -0.15) is 0 Å². The molecule has 0 aromatic carbocycles. The predicted molar refractivity (Wildman–Crippen MR) is 72.8 cm³/mol. The van der Waals surface area contributed by atoms with Gasteiger partial charge in [0.1, 0.15) is 0 Å². The Kier molecular flexibility index (Phi) is 4.81. The van der Waals surface area contributed by atoms with Crippen LogP contribution in [-0.4, -0.2) is 54.9 Å². The highest BCUT2D eigenvalue weighted by molar-refractivity contribution is 5.85. The lowest BCUT2D eigenvalue weighted by Gasteiger charge is -2.32. The third kappa shape index (κ3) is 4.16. The van der Waals surface area contributed by atoms with Crippen LogP contribution in [0, 0.1) is 0 Å². The van der Waals surface area contributed by atoms with Crippen LogP contribution in [0.25, 0.3) is 0 Å². The van der Waals surface area contributed by atoms with E-state index in [1.54, 1.807) is 13.8 Å². The first-order valence-electron chi connectivity index (χ1n) is 7.28. The summed E-state index contributed by atoms with van der Waals surface area (Å²) in [5.41, 5.74) is 5.12. The van der Waals surface area contributed by atoms with Crippen LogP contribution in [0.15, 0.2) is 0 Å². The lowest BCUT2D eigenvalue weighted by atomic mass is 10.0. The smallest absolute Gasteiger partial charge is 0.242 e. The maximum absolute atomic E-state index is 12.4. The van der Waals surface area contributed by atoms with Crippen molar-refractivity contribution in [1.82, 2.24) is 4.90 Å². The molecule has 2 fully saturated rings. The van der Waals surface area contributed by atoms with Crippen molar-refractivity contribution in [3.8, 4) is 0 Å². The Bertz CT molecular complexity index is 284. The number of carbonyl (C=O) groups excluding carboxylic acids is 1. The van der Waals surface area contributed by atoms with Gasteiger partial charge in [-0.05, 0) is 39.5 Å². The highest BCUT2D eigenvalue weighted by Crippen LogP contribution is 2.19. The zero-order valence-corrected chi connectivity index (χ0v) is 12.1. The summed E-state index contributed by atoms with van der Waals surface area (Å²) in [4.78, 5) is 14.3. The molecular weight excluding hydrogens is 244 g/mol. The summed E-state index contributed by atoms with van der Waals surface area (Å²) in [5.74, 6) is -0.0153. The Morgan fingerprint density at radius 2 is 1.63 bits per heavy atom. The number of carbonyl (C=O) groups is 1. The molecule has 0 saturated carbocycles. The van der Waals surface area contributed by atoms with Crippen molar-refractivity contribution >= 4 is 5.91 Å². The molecule has 2 saturated heterocycles. The maximum Gasteiger partial charge on any atom is 0.242 e. The molecule has 2 N–H and O–H groups in total. The Balaban J connectivity index is 1.96. The van der Waals surface area contributed by atoms with Crippen molar-refractivity contribution < 1.29 is 14.3 Å². The monoisotopic (exact) mass is 270 g/mol. The summed E-state index contributed by atoms with van der Waals surface area (Å²) in [6.45, 7) is 6.40. The molecule has 2 rings (SSSR count). The second-order valence-corrected chi connectivity index (χ2v) is 6.20. The van der Waals surface area contributed by atoms with Crippen LogP contribution in [0.2, 0.25) is 0 Å². The third-order valence-electron chi connectivity index (χ3n) is 3.73. The number of nitrogens with zero attached hydrogens (tertiary/aromatic N) is 1. The lowest BCUT2D eigenvalue weighted by Crippen LogP contribution is -2.54. The summed E-state index contributed by atoms with van der Waals surface area (Å²) >= 11 is 0. The Labute approximate surface area is 115 Å². The zero-order valence-electron chi connectivity index (χ0n) is 12.1. The minimum Gasteiger partial charge on any atom is -0.376 e. The number of amides is 1. The number of ether oxygens (including phenoxy) is 2. The van der Waals surface area contributed by atoms with Gasteiger partial charge in [0, 0.05) is 26.3 Å². The number of hydrogen-bond donors (Lipinski definition) is 1. The molecule has 0 aromatic heterocycles. The summed E-state index contributed by atoms with van der Waals surface area (Å²) in [5, 5.41) is 0. The van der Waals surface area contributed by atoms with E-state index in [1.807, 2.05) is 4.90 Å². The molecule has 0 radical (unpaired) electrons. The van der Waals surface area contributed by atoms with Crippen LogP contribution in [-0.2, 0) is 14.3 Å². The van der Waals surface area contributed by atoms with Crippen molar-refractivity contribution in [2.75, 3.05) is 26.3 Å². The fraction of sp³-hybridized carbons (Fsp3) is 0.929. The summed E-state index contributed by atoms with van der Waals surface area (Å²) in [6.07, 6.45) is 4.54. The van der Waals surface area contributed by atoms with E-state index in [4.69, 9.17) is 15.2 Å². The van der Waals surface area contributed by atoms with E-state index < -0.39 is 5.54 Å². The van der Waals surface area contributed by atoms with E-state index in [2.05, 4.69) is 0 Å². The SMILES string of the molecule is CC(C)(N)C(=O)N(CC1CCCO1)CC1CCCO1. The van der Waals surface area contributed by atoms with Crippen LogP contribution in [0.1, 0.15) is 39.5 Å². The molecule has 2 aliphatic heterocycles. The molecule has 0 bridgehead atoms. The fourth-order valence-corrected chi connectivity index (χ4v) is 2.72. The van der Waals surface area contributed by atoms with Gasteiger partial charge in [0.2, 0.25) is 5.91 Å². The van der Waals surface area contributed by atoms with Crippen LogP contribution < -0.4 is 5.73 Å². The Morgan fingerprint density at radius 1 is 1.16 bits per heavy atom. The second-order valence-electron chi connectivity index (χ2n) is 6.20. The summed E-state index contributed by atoms with van der Waals surface area (Å²) in [6, 6.07) is 0. The van der Waals surface area contributed by atoms with E-state index >= 15 is 0 Å². The molecule has 5 heteroatoms. The first-order valence-corrected chi connectivity index (χ1v) is 7.28. The molecular formula is C14H26N2O3. The van der Waals surface area contributed by atoms with Crippen LogP contribution in [0.3, 0.4) is 0 Å². The largest absolute Gasteiger partial charge is 0.376 e. The van der Waals surface area contributed by atoms with Gasteiger partial charge in [0.05, 0.1) is 17.7 Å². The Hall–Kier alpha value is -0.650. The third-order valence-corrected chi connectivity index (χ3v) is 3.73. The van der Waals surface area contributed by atoms with E-state index in [1.165, 1.54) is 0 Å². The highest BCUT2D eigenvalue weighted by atomic mass is 16.5. The minimum atomic E-state index is -0.836. The second kappa shape index (κ2) is 6.20. The van der Waals surface area contributed by atoms with E-state index in [0.717, 1.165) is 38.9 Å². The molecule has 2 atom stereocenters. The van der Waals surface area contributed by atoms with Crippen LogP contribution in [0.4, 0.5) is 0 Å². The molecule has 1 amide bonds.